The fourth-order valence-corrected chi connectivity index (χ4v) is 2.27. The smallest absolute Gasteiger partial charge is 0.322 e. The van der Waals surface area contributed by atoms with Crippen molar-refractivity contribution in [1.29, 1.82) is 0 Å². The molecular weight excluding hydrogens is 227 g/mol. The second-order valence-corrected chi connectivity index (χ2v) is 4.05. The van der Waals surface area contributed by atoms with Crippen LogP contribution in [0.1, 0.15) is 12.0 Å². The molecule has 1 atom stereocenters. The van der Waals surface area contributed by atoms with Crippen LogP contribution < -0.4 is 15.4 Å². The molecule has 2 aliphatic rings. The van der Waals surface area contributed by atoms with E-state index in [9.17, 15) is 14.0 Å². The molecule has 5 nitrogen and oxygen atoms in total. The molecule has 0 aromatic heterocycles. The van der Waals surface area contributed by atoms with Gasteiger partial charge in [0.05, 0.1) is 6.61 Å². The number of hydrogen-bond donors (Lipinski definition) is 2. The minimum absolute atomic E-state index is 0.254. The van der Waals surface area contributed by atoms with E-state index in [-0.39, 0.29) is 6.61 Å². The normalized spacial score (nSPS) is 26.2. The van der Waals surface area contributed by atoms with Gasteiger partial charge in [0.2, 0.25) is 0 Å². The third-order valence-electron chi connectivity index (χ3n) is 3.08. The molecule has 1 fully saturated rings. The first kappa shape index (κ1) is 10.1. The van der Waals surface area contributed by atoms with Crippen molar-refractivity contribution in [2.45, 2.75) is 12.0 Å². The van der Waals surface area contributed by atoms with Gasteiger partial charge in [0.15, 0.2) is 5.54 Å². The molecule has 0 aliphatic carbocycles. The first-order chi connectivity index (χ1) is 8.12. The summed E-state index contributed by atoms with van der Waals surface area (Å²) < 4.78 is 18.4. The maximum atomic E-state index is 13.1. The van der Waals surface area contributed by atoms with Crippen LogP contribution in [0.25, 0.3) is 0 Å². The van der Waals surface area contributed by atoms with Crippen LogP contribution in [0.4, 0.5) is 9.18 Å². The summed E-state index contributed by atoms with van der Waals surface area (Å²) in [5, 5.41) is 4.79. The van der Waals surface area contributed by atoms with Gasteiger partial charge in [-0.15, -0.1) is 0 Å². The number of ether oxygens (including phenoxy) is 1. The highest BCUT2D eigenvalue weighted by molar-refractivity contribution is 6.07. The lowest BCUT2D eigenvalue weighted by Crippen LogP contribution is -2.47. The number of fused-ring (bicyclic) bond motifs is 2. The fraction of sp³-hybridized carbons (Fsp3) is 0.273. The highest BCUT2D eigenvalue weighted by Crippen LogP contribution is 2.39. The summed E-state index contributed by atoms with van der Waals surface area (Å²) in [6.07, 6.45) is 0.337. The van der Waals surface area contributed by atoms with Gasteiger partial charge in [0.1, 0.15) is 11.6 Å². The highest BCUT2D eigenvalue weighted by atomic mass is 19.1. The van der Waals surface area contributed by atoms with E-state index >= 15 is 0 Å². The molecule has 3 amide bonds. The van der Waals surface area contributed by atoms with Gasteiger partial charge in [-0.1, -0.05) is 0 Å². The Morgan fingerprint density at radius 2 is 2.18 bits per heavy atom. The van der Waals surface area contributed by atoms with Crippen molar-refractivity contribution in [2.24, 2.45) is 0 Å². The topological polar surface area (TPSA) is 67.4 Å². The predicted molar refractivity (Wildman–Crippen MR) is 54.9 cm³/mol. The summed E-state index contributed by atoms with van der Waals surface area (Å²) in [5.74, 6) is -0.558. The second kappa shape index (κ2) is 3.19. The molecular formula is C11H9FN2O3. The third-order valence-corrected chi connectivity index (χ3v) is 3.08. The number of nitrogens with one attached hydrogen (secondary N) is 2. The molecule has 88 valence electrons. The van der Waals surface area contributed by atoms with Crippen molar-refractivity contribution in [1.82, 2.24) is 10.6 Å². The van der Waals surface area contributed by atoms with Gasteiger partial charge in [0, 0.05) is 18.1 Å². The zero-order chi connectivity index (χ0) is 12.0. The summed E-state index contributed by atoms with van der Waals surface area (Å²) in [6.45, 7) is 0.254. The highest BCUT2D eigenvalue weighted by Gasteiger charge is 2.50. The number of halogens is 1. The van der Waals surface area contributed by atoms with Crippen LogP contribution in [0.5, 0.6) is 5.75 Å². The molecule has 2 heterocycles. The Labute approximate surface area is 95.9 Å². The molecule has 1 aromatic rings. The molecule has 0 saturated carbocycles. The lowest BCUT2D eigenvalue weighted by atomic mass is 9.84. The number of carbonyl (C=O) groups excluding carboxylic acids is 2. The molecule has 1 saturated heterocycles. The van der Waals surface area contributed by atoms with Crippen LogP contribution in [-0.4, -0.2) is 18.5 Å². The summed E-state index contributed by atoms with van der Waals surface area (Å²) in [4.78, 5) is 23.1. The van der Waals surface area contributed by atoms with E-state index < -0.39 is 23.3 Å². The predicted octanol–water partition coefficient (Wildman–Crippen LogP) is 0.643. The second-order valence-electron chi connectivity index (χ2n) is 4.05. The standard InChI is InChI=1S/C11H9FN2O3/c12-6-1-2-7-8(5-6)17-4-3-11(7)9(15)13-10(16)14-11/h1-2,5H,3-4H2,(H2,13,14,15,16). The Morgan fingerprint density at radius 1 is 1.35 bits per heavy atom. The van der Waals surface area contributed by atoms with Gasteiger partial charge in [0.25, 0.3) is 5.91 Å². The van der Waals surface area contributed by atoms with Gasteiger partial charge in [-0.05, 0) is 12.1 Å². The monoisotopic (exact) mass is 236 g/mol. The van der Waals surface area contributed by atoms with Crippen LogP contribution in [0.2, 0.25) is 0 Å². The maximum Gasteiger partial charge on any atom is 0.322 e. The molecule has 17 heavy (non-hydrogen) atoms. The van der Waals surface area contributed by atoms with Gasteiger partial charge < -0.3 is 10.1 Å². The van der Waals surface area contributed by atoms with Crippen LogP contribution in [0, 0.1) is 5.82 Å². The number of amides is 3. The van der Waals surface area contributed by atoms with Gasteiger partial charge in [-0.3, -0.25) is 10.1 Å². The molecule has 1 unspecified atom stereocenters. The lowest BCUT2D eigenvalue weighted by Gasteiger charge is -2.32. The summed E-state index contributed by atoms with van der Waals surface area (Å²) in [6, 6.07) is 3.39. The number of urea groups is 1. The number of imide groups is 1. The number of hydrogen-bond acceptors (Lipinski definition) is 3. The largest absolute Gasteiger partial charge is 0.493 e. The Balaban J connectivity index is 2.17. The van der Waals surface area contributed by atoms with Gasteiger partial charge in [-0.25, -0.2) is 9.18 Å². The Morgan fingerprint density at radius 3 is 2.88 bits per heavy atom. The van der Waals surface area contributed by atoms with Gasteiger partial charge in [-0.2, -0.15) is 0 Å². The van der Waals surface area contributed by atoms with Crippen molar-refractivity contribution < 1.29 is 18.7 Å². The number of carbonyl (C=O) groups is 2. The summed E-state index contributed by atoms with van der Waals surface area (Å²) >= 11 is 0. The quantitative estimate of drug-likeness (QED) is 0.650. The zero-order valence-electron chi connectivity index (χ0n) is 8.75. The fourth-order valence-electron chi connectivity index (χ4n) is 2.27. The molecule has 0 radical (unpaired) electrons. The Kier molecular flexibility index (Phi) is 1.89. The van der Waals surface area contributed by atoms with E-state index in [0.717, 1.165) is 0 Å². The molecule has 6 heteroatoms. The van der Waals surface area contributed by atoms with Crippen LogP contribution in [0.3, 0.4) is 0 Å². The Bertz CT molecular complexity index is 531. The summed E-state index contributed by atoms with van der Waals surface area (Å²) in [7, 11) is 0. The molecule has 2 aliphatic heterocycles. The Hall–Kier alpha value is -2.11. The van der Waals surface area contributed by atoms with E-state index in [1.165, 1.54) is 18.2 Å². The molecule has 3 rings (SSSR count). The van der Waals surface area contributed by atoms with Crippen LogP contribution >= 0.6 is 0 Å². The van der Waals surface area contributed by atoms with E-state index in [4.69, 9.17) is 4.74 Å². The van der Waals surface area contributed by atoms with E-state index in [1.807, 2.05) is 0 Å². The zero-order valence-corrected chi connectivity index (χ0v) is 8.75. The number of benzene rings is 1. The average Bonchev–Trinajstić information content (AvgIpc) is 2.54. The minimum atomic E-state index is -1.11. The number of rotatable bonds is 0. The molecule has 2 N–H and O–H groups in total. The molecule has 1 aromatic carbocycles. The van der Waals surface area contributed by atoms with E-state index in [2.05, 4.69) is 10.6 Å². The average molecular weight is 236 g/mol. The van der Waals surface area contributed by atoms with E-state index in [0.29, 0.717) is 17.7 Å². The van der Waals surface area contributed by atoms with Crippen LogP contribution in [0.15, 0.2) is 18.2 Å². The molecule has 1 spiro atoms. The van der Waals surface area contributed by atoms with Crippen molar-refractivity contribution in [3.8, 4) is 5.75 Å². The van der Waals surface area contributed by atoms with Crippen molar-refractivity contribution in [3.63, 3.8) is 0 Å². The van der Waals surface area contributed by atoms with Crippen molar-refractivity contribution >= 4 is 11.9 Å². The lowest BCUT2D eigenvalue weighted by molar-refractivity contribution is -0.125. The molecule has 0 bridgehead atoms. The first-order valence-electron chi connectivity index (χ1n) is 5.18. The van der Waals surface area contributed by atoms with Crippen LogP contribution in [-0.2, 0) is 10.3 Å². The van der Waals surface area contributed by atoms with Gasteiger partial charge >= 0.3 is 6.03 Å². The SMILES string of the molecule is O=C1NC(=O)C2(CCOc3cc(F)ccc32)N1. The third kappa shape index (κ3) is 1.30. The van der Waals surface area contributed by atoms with E-state index in [1.54, 1.807) is 0 Å². The minimum Gasteiger partial charge on any atom is -0.493 e. The summed E-state index contributed by atoms with van der Waals surface area (Å²) in [5.41, 5.74) is -0.619. The first-order valence-corrected chi connectivity index (χ1v) is 5.18. The van der Waals surface area contributed by atoms with Crippen molar-refractivity contribution in [3.05, 3.63) is 29.6 Å². The maximum absolute atomic E-state index is 13.1. The van der Waals surface area contributed by atoms with Crippen molar-refractivity contribution in [2.75, 3.05) is 6.61 Å².